The Bertz CT molecular complexity index is 636. The van der Waals surface area contributed by atoms with Crippen LogP contribution in [0.15, 0.2) is 28.8 Å². The first-order valence-corrected chi connectivity index (χ1v) is 8.01. The molecule has 2 atom stereocenters. The summed E-state index contributed by atoms with van der Waals surface area (Å²) in [5.41, 5.74) is 1.94. The second-order valence-corrected chi connectivity index (χ2v) is 5.54. The van der Waals surface area contributed by atoms with Crippen molar-refractivity contribution in [3.05, 3.63) is 41.5 Å². The smallest absolute Gasteiger partial charge is 0.243 e. The maximum atomic E-state index is 11.4. The molecular weight excluding hydrogens is 292 g/mol. The molecule has 0 aliphatic heterocycles. The number of anilines is 1. The Balaban J connectivity index is 1.96. The van der Waals surface area contributed by atoms with E-state index < -0.39 is 0 Å². The Labute approximate surface area is 136 Å². The van der Waals surface area contributed by atoms with Crippen LogP contribution in [0.1, 0.15) is 63.5 Å². The average molecular weight is 316 g/mol. The molecule has 2 aromatic rings. The molecule has 0 bridgehead atoms. The predicted octanol–water partition coefficient (Wildman–Crippen LogP) is 3.39. The van der Waals surface area contributed by atoms with Crippen LogP contribution in [-0.4, -0.2) is 16.0 Å². The van der Waals surface area contributed by atoms with Crippen LogP contribution in [0.5, 0.6) is 0 Å². The van der Waals surface area contributed by atoms with Crippen molar-refractivity contribution < 1.29 is 9.32 Å². The summed E-state index contributed by atoms with van der Waals surface area (Å²) in [6, 6.07) is 7.92. The highest BCUT2D eigenvalue weighted by atomic mass is 16.5. The van der Waals surface area contributed by atoms with Gasteiger partial charge in [-0.05, 0) is 31.5 Å². The number of rotatable bonds is 7. The first kappa shape index (κ1) is 17.1. The summed E-state index contributed by atoms with van der Waals surface area (Å²) in [6.07, 6.45) is 1.23. The van der Waals surface area contributed by atoms with Crippen LogP contribution >= 0.6 is 0 Å². The number of aromatic nitrogens is 2. The number of benzene rings is 1. The molecule has 0 saturated heterocycles. The zero-order valence-electron chi connectivity index (χ0n) is 14.1. The van der Waals surface area contributed by atoms with E-state index in [1.54, 1.807) is 0 Å². The summed E-state index contributed by atoms with van der Waals surface area (Å²) in [5, 5.41) is 10.2. The number of nitrogens with one attached hydrogen (secondary N) is 2. The molecule has 1 aromatic carbocycles. The van der Waals surface area contributed by atoms with E-state index in [1.807, 2.05) is 45.0 Å². The van der Waals surface area contributed by atoms with E-state index >= 15 is 0 Å². The van der Waals surface area contributed by atoms with Crippen LogP contribution in [-0.2, 0) is 11.2 Å². The van der Waals surface area contributed by atoms with E-state index in [0.717, 1.165) is 23.5 Å². The first-order valence-electron chi connectivity index (χ1n) is 8.01. The van der Waals surface area contributed by atoms with Crippen molar-refractivity contribution in [3.63, 3.8) is 0 Å². The molecule has 0 aliphatic carbocycles. The third kappa shape index (κ3) is 4.63. The highest BCUT2D eigenvalue weighted by Crippen LogP contribution is 2.20. The number of hydrogen-bond donors (Lipinski definition) is 2. The molecule has 2 unspecified atom stereocenters. The van der Waals surface area contributed by atoms with Gasteiger partial charge in [0.1, 0.15) is 0 Å². The van der Waals surface area contributed by atoms with Crippen LogP contribution in [0.3, 0.4) is 0 Å². The van der Waals surface area contributed by atoms with Gasteiger partial charge in [0.25, 0.3) is 0 Å². The molecule has 23 heavy (non-hydrogen) atoms. The SMILES string of the molecule is CCC(=O)Nc1ccc(C(C)NC(C)c2nc(CC)no2)cc1. The zero-order chi connectivity index (χ0) is 16.8. The number of amides is 1. The maximum Gasteiger partial charge on any atom is 0.243 e. The average Bonchev–Trinajstić information content (AvgIpc) is 3.04. The van der Waals surface area contributed by atoms with Crippen molar-refractivity contribution in [2.75, 3.05) is 5.32 Å². The van der Waals surface area contributed by atoms with Gasteiger partial charge in [-0.3, -0.25) is 10.1 Å². The molecule has 1 heterocycles. The Kier molecular flexibility index (Phi) is 5.87. The Morgan fingerprint density at radius 3 is 2.43 bits per heavy atom. The van der Waals surface area contributed by atoms with Crippen LogP contribution in [0.25, 0.3) is 0 Å². The quantitative estimate of drug-likeness (QED) is 0.818. The lowest BCUT2D eigenvalue weighted by molar-refractivity contribution is -0.115. The third-order valence-electron chi connectivity index (χ3n) is 3.69. The van der Waals surface area contributed by atoms with E-state index in [1.165, 1.54) is 0 Å². The minimum Gasteiger partial charge on any atom is -0.338 e. The summed E-state index contributed by atoms with van der Waals surface area (Å²) in [4.78, 5) is 15.7. The number of carbonyl (C=O) groups is 1. The fraction of sp³-hybridized carbons (Fsp3) is 0.471. The standard InChI is InChI=1S/C17H24N4O2/c1-5-15-20-17(23-21-15)12(4)18-11(3)13-7-9-14(10-8-13)19-16(22)6-2/h7-12,18H,5-6H2,1-4H3,(H,19,22). The molecule has 0 fully saturated rings. The lowest BCUT2D eigenvalue weighted by atomic mass is 10.1. The molecule has 0 radical (unpaired) electrons. The van der Waals surface area contributed by atoms with E-state index in [9.17, 15) is 4.79 Å². The monoisotopic (exact) mass is 316 g/mol. The summed E-state index contributed by atoms with van der Waals surface area (Å²) in [6.45, 7) is 7.90. The van der Waals surface area contributed by atoms with Crippen LogP contribution in [0, 0.1) is 0 Å². The summed E-state index contributed by atoms with van der Waals surface area (Å²) >= 11 is 0. The number of hydrogen-bond acceptors (Lipinski definition) is 5. The van der Waals surface area contributed by atoms with Crippen molar-refractivity contribution in [1.29, 1.82) is 0 Å². The molecule has 0 aliphatic rings. The van der Waals surface area contributed by atoms with Crippen LogP contribution in [0.4, 0.5) is 5.69 Å². The van der Waals surface area contributed by atoms with Crippen molar-refractivity contribution in [3.8, 4) is 0 Å². The highest BCUT2D eigenvalue weighted by Gasteiger charge is 2.16. The second-order valence-electron chi connectivity index (χ2n) is 5.54. The molecule has 124 valence electrons. The van der Waals surface area contributed by atoms with Crippen molar-refractivity contribution in [1.82, 2.24) is 15.5 Å². The lowest BCUT2D eigenvalue weighted by Gasteiger charge is -2.18. The van der Waals surface area contributed by atoms with Gasteiger partial charge in [-0.25, -0.2) is 0 Å². The highest BCUT2D eigenvalue weighted by molar-refractivity contribution is 5.90. The molecule has 2 N–H and O–H groups in total. The Morgan fingerprint density at radius 2 is 1.87 bits per heavy atom. The zero-order valence-corrected chi connectivity index (χ0v) is 14.1. The topological polar surface area (TPSA) is 80.0 Å². The number of nitrogens with zero attached hydrogens (tertiary/aromatic N) is 2. The van der Waals surface area contributed by atoms with E-state index in [-0.39, 0.29) is 18.0 Å². The third-order valence-corrected chi connectivity index (χ3v) is 3.69. The first-order chi connectivity index (χ1) is 11.0. The molecule has 0 saturated carbocycles. The number of carbonyl (C=O) groups excluding carboxylic acids is 1. The minimum absolute atomic E-state index is 0.0145. The van der Waals surface area contributed by atoms with Gasteiger partial charge in [-0.15, -0.1) is 0 Å². The van der Waals surface area contributed by atoms with E-state index in [2.05, 4.69) is 27.7 Å². The molecule has 2 rings (SSSR count). The van der Waals surface area contributed by atoms with Gasteiger partial charge >= 0.3 is 0 Å². The van der Waals surface area contributed by atoms with Crippen molar-refractivity contribution in [2.45, 2.75) is 52.6 Å². The fourth-order valence-corrected chi connectivity index (χ4v) is 2.23. The van der Waals surface area contributed by atoms with Gasteiger partial charge in [0.15, 0.2) is 5.82 Å². The van der Waals surface area contributed by atoms with Gasteiger partial charge in [0, 0.05) is 24.6 Å². The van der Waals surface area contributed by atoms with Crippen LogP contribution in [0.2, 0.25) is 0 Å². The predicted molar refractivity (Wildman–Crippen MR) is 89.0 cm³/mol. The van der Waals surface area contributed by atoms with Gasteiger partial charge in [-0.2, -0.15) is 4.98 Å². The molecule has 1 amide bonds. The largest absolute Gasteiger partial charge is 0.338 e. The summed E-state index contributed by atoms with van der Waals surface area (Å²) in [7, 11) is 0. The lowest BCUT2D eigenvalue weighted by Crippen LogP contribution is -2.22. The molecule has 6 nitrogen and oxygen atoms in total. The number of aryl methyl sites for hydroxylation is 1. The maximum absolute atomic E-state index is 11.4. The van der Waals surface area contributed by atoms with E-state index in [0.29, 0.717) is 12.3 Å². The molecule has 1 aromatic heterocycles. The normalized spacial score (nSPS) is 13.6. The Hall–Kier alpha value is -2.21. The molecule has 6 heteroatoms. The van der Waals surface area contributed by atoms with Gasteiger partial charge in [-0.1, -0.05) is 31.1 Å². The van der Waals surface area contributed by atoms with Crippen molar-refractivity contribution in [2.24, 2.45) is 0 Å². The van der Waals surface area contributed by atoms with E-state index in [4.69, 9.17) is 4.52 Å². The summed E-state index contributed by atoms with van der Waals surface area (Å²) < 4.78 is 5.26. The minimum atomic E-state index is -0.0303. The summed E-state index contributed by atoms with van der Waals surface area (Å²) in [5.74, 6) is 1.33. The van der Waals surface area contributed by atoms with Gasteiger partial charge in [0.2, 0.25) is 11.8 Å². The van der Waals surface area contributed by atoms with Gasteiger partial charge < -0.3 is 9.84 Å². The fourth-order valence-electron chi connectivity index (χ4n) is 2.23. The Morgan fingerprint density at radius 1 is 1.17 bits per heavy atom. The van der Waals surface area contributed by atoms with Gasteiger partial charge in [0.05, 0.1) is 6.04 Å². The molecular formula is C17H24N4O2. The molecule has 0 spiro atoms. The second kappa shape index (κ2) is 7.87. The van der Waals surface area contributed by atoms with Crippen LogP contribution < -0.4 is 10.6 Å². The van der Waals surface area contributed by atoms with Crippen molar-refractivity contribution >= 4 is 11.6 Å².